The zero-order valence-electron chi connectivity index (χ0n) is 17.0. The predicted molar refractivity (Wildman–Crippen MR) is 116 cm³/mol. The third-order valence-corrected chi connectivity index (χ3v) is 6.62. The molecule has 0 saturated heterocycles. The Balaban J connectivity index is 1.16. The maximum atomic E-state index is 11.1. The summed E-state index contributed by atoms with van der Waals surface area (Å²) in [6, 6.07) is 12.4. The van der Waals surface area contributed by atoms with Crippen molar-refractivity contribution in [1.82, 2.24) is 14.5 Å². The second-order valence-electron chi connectivity index (χ2n) is 8.50. The van der Waals surface area contributed by atoms with Crippen molar-refractivity contribution in [2.45, 2.75) is 57.0 Å². The fourth-order valence-electron chi connectivity index (χ4n) is 5.01. The van der Waals surface area contributed by atoms with E-state index in [0.717, 1.165) is 43.5 Å². The number of pyridine rings is 1. The number of ether oxygens (including phenoxy) is 1. The summed E-state index contributed by atoms with van der Waals surface area (Å²) in [5.74, 6) is 1.86. The van der Waals surface area contributed by atoms with E-state index in [9.17, 15) is 5.11 Å². The lowest BCUT2D eigenvalue weighted by molar-refractivity contribution is -0.0160. The number of imidazole rings is 1. The van der Waals surface area contributed by atoms with Crippen LogP contribution in [0.5, 0.6) is 0 Å². The van der Waals surface area contributed by atoms with Crippen molar-refractivity contribution in [3.05, 3.63) is 66.1 Å². The molecule has 1 aliphatic carbocycles. The molecular weight excluding hydrogens is 376 g/mol. The maximum absolute atomic E-state index is 11.1. The van der Waals surface area contributed by atoms with E-state index in [4.69, 9.17) is 10.5 Å². The minimum Gasteiger partial charge on any atom is -0.393 e. The van der Waals surface area contributed by atoms with Gasteiger partial charge in [-0.15, -0.1) is 0 Å². The number of benzene rings is 1. The predicted octanol–water partition coefficient (Wildman–Crippen LogP) is 3.96. The van der Waals surface area contributed by atoms with Crippen LogP contribution in [0.4, 0.5) is 5.82 Å². The van der Waals surface area contributed by atoms with E-state index in [0.29, 0.717) is 18.3 Å². The number of hydrogen-bond acceptors (Lipinski definition) is 5. The summed E-state index contributed by atoms with van der Waals surface area (Å²) < 4.78 is 8.30. The number of fused-ring (bicyclic) bond motifs is 3. The van der Waals surface area contributed by atoms with Gasteiger partial charge >= 0.3 is 0 Å². The van der Waals surface area contributed by atoms with Gasteiger partial charge in [0.1, 0.15) is 11.6 Å². The van der Waals surface area contributed by atoms with Gasteiger partial charge in [0, 0.05) is 24.2 Å². The summed E-state index contributed by atoms with van der Waals surface area (Å²) in [5.41, 5.74) is 9.25. The molecule has 0 bridgehead atoms. The third kappa shape index (κ3) is 3.73. The van der Waals surface area contributed by atoms with Crippen LogP contribution in [0.2, 0.25) is 0 Å². The van der Waals surface area contributed by atoms with Gasteiger partial charge in [-0.05, 0) is 61.3 Å². The number of nitrogens with two attached hydrogens (primary N) is 1. The molecule has 3 N–H and O–H groups in total. The van der Waals surface area contributed by atoms with Crippen molar-refractivity contribution >= 4 is 5.82 Å². The SMILES string of the molecule is Nc1cc(COC2CCC(C(O)CC3c4ccccc4-c4nccn43)CC2)ccn1. The minimum atomic E-state index is -0.322. The van der Waals surface area contributed by atoms with E-state index in [1.165, 1.54) is 11.1 Å². The van der Waals surface area contributed by atoms with Crippen LogP contribution in [0.3, 0.4) is 0 Å². The van der Waals surface area contributed by atoms with E-state index < -0.39 is 0 Å². The lowest BCUT2D eigenvalue weighted by Gasteiger charge is -2.32. The maximum Gasteiger partial charge on any atom is 0.140 e. The molecule has 2 aliphatic rings. The van der Waals surface area contributed by atoms with Gasteiger partial charge in [-0.25, -0.2) is 9.97 Å². The monoisotopic (exact) mass is 404 g/mol. The summed E-state index contributed by atoms with van der Waals surface area (Å²) >= 11 is 0. The molecule has 156 valence electrons. The third-order valence-electron chi connectivity index (χ3n) is 6.62. The van der Waals surface area contributed by atoms with Crippen LogP contribution in [0, 0.1) is 5.92 Å². The molecule has 1 aliphatic heterocycles. The molecular formula is C24H28N4O2. The molecule has 5 rings (SSSR count). The van der Waals surface area contributed by atoms with Crippen molar-refractivity contribution < 1.29 is 9.84 Å². The topological polar surface area (TPSA) is 86.2 Å². The lowest BCUT2D eigenvalue weighted by atomic mass is 9.81. The first-order valence-electron chi connectivity index (χ1n) is 10.8. The highest BCUT2D eigenvalue weighted by atomic mass is 16.5. The molecule has 2 unspecified atom stereocenters. The Morgan fingerprint density at radius 3 is 2.77 bits per heavy atom. The molecule has 0 radical (unpaired) electrons. The van der Waals surface area contributed by atoms with E-state index in [1.54, 1.807) is 6.20 Å². The second-order valence-corrected chi connectivity index (χ2v) is 8.50. The second kappa shape index (κ2) is 8.20. The van der Waals surface area contributed by atoms with Gasteiger partial charge in [-0.1, -0.05) is 24.3 Å². The van der Waals surface area contributed by atoms with Crippen molar-refractivity contribution in [2.24, 2.45) is 5.92 Å². The van der Waals surface area contributed by atoms with Gasteiger partial charge in [0.25, 0.3) is 0 Å². The Morgan fingerprint density at radius 1 is 1.10 bits per heavy atom. The summed E-state index contributed by atoms with van der Waals surface area (Å²) in [4.78, 5) is 8.54. The quantitative estimate of drug-likeness (QED) is 0.649. The average molecular weight is 405 g/mol. The number of nitrogen functional groups attached to an aromatic ring is 1. The lowest BCUT2D eigenvalue weighted by Crippen LogP contribution is -2.30. The molecule has 1 aromatic carbocycles. The first-order chi connectivity index (χ1) is 14.7. The van der Waals surface area contributed by atoms with Crippen LogP contribution in [-0.4, -0.2) is 31.8 Å². The Kier molecular flexibility index (Phi) is 5.27. The van der Waals surface area contributed by atoms with Crippen molar-refractivity contribution in [3.63, 3.8) is 0 Å². The van der Waals surface area contributed by atoms with Crippen LogP contribution in [0.25, 0.3) is 11.4 Å². The van der Waals surface area contributed by atoms with Crippen LogP contribution < -0.4 is 5.73 Å². The zero-order valence-corrected chi connectivity index (χ0v) is 17.0. The highest BCUT2D eigenvalue weighted by Gasteiger charge is 2.34. The number of aromatic nitrogens is 3. The summed E-state index contributed by atoms with van der Waals surface area (Å²) in [6.45, 7) is 0.562. The zero-order chi connectivity index (χ0) is 20.5. The normalized spacial score (nSPS) is 23.7. The molecule has 6 nitrogen and oxygen atoms in total. The van der Waals surface area contributed by atoms with Gasteiger partial charge < -0.3 is 20.1 Å². The molecule has 2 aromatic heterocycles. The van der Waals surface area contributed by atoms with Crippen molar-refractivity contribution in [3.8, 4) is 11.4 Å². The Morgan fingerprint density at radius 2 is 1.93 bits per heavy atom. The molecule has 2 atom stereocenters. The van der Waals surface area contributed by atoms with Crippen LogP contribution in [0.15, 0.2) is 55.0 Å². The molecule has 1 saturated carbocycles. The van der Waals surface area contributed by atoms with E-state index >= 15 is 0 Å². The van der Waals surface area contributed by atoms with Gasteiger partial charge in [-0.2, -0.15) is 0 Å². The van der Waals surface area contributed by atoms with Crippen LogP contribution >= 0.6 is 0 Å². The molecule has 3 heterocycles. The molecule has 3 aromatic rings. The number of aliphatic hydroxyl groups excluding tert-OH is 1. The molecule has 30 heavy (non-hydrogen) atoms. The fourth-order valence-corrected chi connectivity index (χ4v) is 5.01. The average Bonchev–Trinajstić information content (AvgIpc) is 3.35. The Hall–Kier alpha value is -2.70. The minimum absolute atomic E-state index is 0.167. The largest absolute Gasteiger partial charge is 0.393 e. The van der Waals surface area contributed by atoms with E-state index in [2.05, 4.69) is 38.8 Å². The summed E-state index contributed by atoms with van der Waals surface area (Å²) in [7, 11) is 0. The highest BCUT2D eigenvalue weighted by Crippen LogP contribution is 2.42. The highest BCUT2D eigenvalue weighted by molar-refractivity contribution is 5.66. The summed E-state index contributed by atoms with van der Waals surface area (Å²) in [6.07, 6.45) is 10.2. The number of hydrogen-bond donors (Lipinski definition) is 2. The number of nitrogens with zero attached hydrogens (tertiary/aromatic N) is 3. The van der Waals surface area contributed by atoms with Crippen LogP contribution in [0.1, 0.15) is 49.3 Å². The Labute approximate surface area is 176 Å². The van der Waals surface area contributed by atoms with Crippen molar-refractivity contribution in [1.29, 1.82) is 0 Å². The van der Waals surface area contributed by atoms with Gasteiger partial charge in [0.05, 0.1) is 24.9 Å². The molecule has 0 spiro atoms. The molecule has 0 amide bonds. The number of aliphatic hydroxyl groups is 1. The molecule has 1 fully saturated rings. The smallest absolute Gasteiger partial charge is 0.140 e. The number of anilines is 1. The first-order valence-corrected chi connectivity index (χ1v) is 10.8. The number of rotatable bonds is 6. The fraction of sp³-hybridized carbons (Fsp3) is 0.417. The van der Waals surface area contributed by atoms with E-state index in [-0.39, 0.29) is 18.2 Å². The molecule has 6 heteroatoms. The van der Waals surface area contributed by atoms with Gasteiger partial charge in [0.2, 0.25) is 0 Å². The Bertz CT molecular complexity index is 1010. The van der Waals surface area contributed by atoms with Gasteiger partial charge in [-0.3, -0.25) is 0 Å². The van der Waals surface area contributed by atoms with Crippen LogP contribution in [-0.2, 0) is 11.3 Å². The van der Waals surface area contributed by atoms with Crippen molar-refractivity contribution in [2.75, 3.05) is 5.73 Å². The van der Waals surface area contributed by atoms with E-state index in [1.807, 2.05) is 24.5 Å². The standard InChI is InChI=1S/C24H28N4O2/c25-23-13-16(9-10-26-23)15-30-18-7-5-17(6-8-18)22(29)14-21-19-3-1-2-4-20(19)24-27-11-12-28(21)24/h1-4,9-13,17-18,21-22,29H,5-8,14-15H2,(H2,25,26). The summed E-state index contributed by atoms with van der Waals surface area (Å²) in [5, 5.41) is 11.1. The van der Waals surface area contributed by atoms with Gasteiger partial charge in [0.15, 0.2) is 0 Å². The first kappa shape index (κ1) is 19.3.